The number of carbonyl (C=O) groups excluding carboxylic acids is 2. The van der Waals surface area contributed by atoms with Crippen LogP contribution in [-0.4, -0.2) is 23.4 Å². The van der Waals surface area contributed by atoms with Gasteiger partial charge < -0.3 is 15.5 Å². The second-order valence-electron chi connectivity index (χ2n) is 6.41. The Balaban J connectivity index is 1.47. The lowest BCUT2D eigenvalue weighted by atomic mass is 10.1. The molecule has 25 heavy (non-hydrogen) atoms. The SMILES string of the molecule is Cc1ccc(NC(=O)NCc2ccc(CN3CCCC3=O)cc2)cc1. The number of carbonyl (C=O) groups is 2. The van der Waals surface area contributed by atoms with Gasteiger partial charge in [-0.2, -0.15) is 0 Å². The predicted octanol–water partition coefficient (Wildman–Crippen LogP) is 3.44. The molecule has 0 aromatic heterocycles. The minimum absolute atomic E-state index is 0.226. The molecule has 1 heterocycles. The number of anilines is 1. The highest BCUT2D eigenvalue weighted by Crippen LogP contribution is 2.15. The molecule has 2 aromatic rings. The van der Waals surface area contributed by atoms with E-state index in [1.807, 2.05) is 60.4 Å². The second-order valence-corrected chi connectivity index (χ2v) is 6.41. The first-order chi connectivity index (χ1) is 12.1. The fraction of sp³-hybridized carbons (Fsp3) is 0.300. The van der Waals surface area contributed by atoms with Crippen LogP contribution in [0, 0.1) is 6.92 Å². The topological polar surface area (TPSA) is 61.4 Å². The van der Waals surface area contributed by atoms with Gasteiger partial charge in [-0.25, -0.2) is 4.79 Å². The quantitative estimate of drug-likeness (QED) is 0.878. The van der Waals surface area contributed by atoms with Crippen LogP contribution in [0.1, 0.15) is 29.5 Å². The Morgan fingerprint density at radius 3 is 2.36 bits per heavy atom. The molecule has 0 unspecified atom stereocenters. The number of urea groups is 1. The second kappa shape index (κ2) is 7.83. The molecule has 1 saturated heterocycles. The van der Waals surface area contributed by atoms with Gasteiger partial charge in [0.15, 0.2) is 0 Å². The Kier molecular flexibility index (Phi) is 5.33. The van der Waals surface area contributed by atoms with Gasteiger partial charge in [0.2, 0.25) is 5.91 Å². The fourth-order valence-corrected chi connectivity index (χ4v) is 2.85. The summed E-state index contributed by atoms with van der Waals surface area (Å²) < 4.78 is 0. The molecule has 2 N–H and O–H groups in total. The summed E-state index contributed by atoms with van der Waals surface area (Å²) >= 11 is 0. The van der Waals surface area contributed by atoms with Crippen LogP contribution < -0.4 is 10.6 Å². The van der Waals surface area contributed by atoms with Crippen LogP contribution in [-0.2, 0) is 17.9 Å². The molecule has 0 spiro atoms. The molecular weight excluding hydrogens is 314 g/mol. The Hall–Kier alpha value is -2.82. The van der Waals surface area contributed by atoms with Crippen molar-refractivity contribution in [1.82, 2.24) is 10.2 Å². The first-order valence-electron chi connectivity index (χ1n) is 8.57. The van der Waals surface area contributed by atoms with Crippen molar-refractivity contribution < 1.29 is 9.59 Å². The number of rotatable bonds is 5. The van der Waals surface area contributed by atoms with Crippen molar-refractivity contribution in [3.63, 3.8) is 0 Å². The van der Waals surface area contributed by atoms with Gasteiger partial charge in [0.25, 0.3) is 0 Å². The van der Waals surface area contributed by atoms with E-state index in [0.29, 0.717) is 19.5 Å². The van der Waals surface area contributed by atoms with Crippen LogP contribution in [0.5, 0.6) is 0 Å². The number of nitrogens with zero attached hydrogens (tertiary/aromatic N) is 1. The van der Waals surface area contributed by atoms with E-state index in [4.69, 9.17) is 0 Å². The Bertz CT molecular complexity index is 739. The van der Waals surface area contributed by atoms with Crippen molar-refractivity contribution >= 4 is 17.6 Å². The maximum absolute atomic E-state index is 11.9. The van der Waals surface area contributed by atoms with Gasteiger partial charge >= 0.3 is 6.03 Å². The Morgan fingerprint density at radius 1 is 1.04 bits per heavy atom. The first kappa shape index (κ1) is 17.0. The normalized spacial score (nSPS) is 13.8. The average Bonchev–Trinajstić information content (AvgIpc) is 3.01. The van der Waals surface area contributed by atoms with E-state index >= 15 is 0 Å². The van der Waals surface area contributed by atoms with Crippen LogP contribution in [0.4, 0.5) is 10.5 Å². The molecule has 3 rings (SSSR count). The zero-order valence-electron chi connectivity index (χ0n) is 14.4. The lowest BCUT2D eigenvalue weighted by Gasteiger charge is -2.15. The van der Waals surface area contributed by atoms with Gasteiger partial charge in [0, 0.05) is 31.7 Å². The van der Waals surface area contributed by atoms with Crippen LogP contribution >= 0.6 is 0 Å². The highest BCUT2D eigenvalue weighted by atomic mass is 16.2. The summed E-state index contributed by atoms with van der Waals surface area (Å²) in [5, 5.41) is 5.66. The number of benzene rings is 2. The van der Waals surface area contributed by atoms with Crippen molar-refractivity contribution in [3.05, 3.63) is 65.2 Å². The van der Waals surface area contributed by atoms with Gasteiger partial charge in [0.05, 0.1) is 0 Å². The highest BCUT2D eigenvalue weighted by molar-refractivity contribution is 5.89. The van der Waals surface area contributed by atoms with Gasteiger partial charge in [-0.1, -0.05) is 42.0 Å². The van der Waals surface area contributed by atoms with E-state index in [9.17, 15) is 9.59 Å². The number of nitrogens with one attached hydrogen (secondary N) is 2. The van der Waals surface area contributed by atoms with Crippen molar-refractivity contribution in [2.24, 2.45) is 0 Å². The number of amides is 3. The minimum Gasteiger partial charge on any atom is -0.338 e. The zero-order chi connectivity index (χ0) is 17.6. The predicted molar refractivity (Wildman–Crippen MR) is 98.1 cm³/mol. The fourth-order valence-electron chi connectivity index (χ4n) is 2.85. The van der Waals surface area contributed by atoms with E-state index in [2.05, 4.69) is 10.6 Å². The monoisotopic (exact) mass is 337 g/mol. The van der Waals surface area contributed by atoms with Crippen molar-refractivity contribution in [2.45, 2.75) is 32.9 Å². The molecule has 1 aliphatic rings. The molecule has 130 valence electrons. The van der Waals surface area contributed by atoms with Gasteiger partial charge in [-0.05, 0) is 36.6 Å². The largest absolute Gasteiger partial charge is 0.338 e. The average molecular weight is 337 g/mol. The summed E-state index contributed by atoms with van der Waals surface area (Å²) in [7, 11) is 0. The van der Waals surface area contributed by atoms with E-state index < -0.39 is 0 Å². The van der Waals surface area contributed by atoms with Gasteiger partial charge in [-0.15, -0.1) is 0 Å². The van der Waals surface area contributed by atoms with Crippen LogP contribution in [0.3, 0.4) is 0 Å². The molecule has 0 radical (unpaired) electrons. The lowest BCUT2D eigenvalue weighted by Crippen LogP contribution is -2.28. The molecule has 0 bridgehead atoms. The van der Waals surface area contributed by atoms with Gasteiger partial charge in [-0.3, -0.25) is 4.79 Å². The summed E-state index contributed by atoms with van der Waals surface area (Å²) in [4.78, 5) is 25.5. The molecule has 0 aliphatic carbocycles. The minimum atomic E-state index is -0.226. The smallest absolute Gasteiger partial charge is 0.319 e. The third kappa shape index (κ3) is 4.83. The molecule has 1 fully saturated rings. The third-order valence-electron chi connectivity index (χ3n) is 4.33. The molecule has 0 saturated carbocycles. The molecule has 0 atom stereocenters. The summed E-state index contributed by atoms with van der Waals surface area (Å²) in [5.41, 5.74) is 4.06. The summed E-state index contributed by atoms with van der Waals surface area (Å²) in [6.45, 7) is 3.98. The first-order valence-corrected chi connectivity index (χ1v) is 8.57. The van der Waals surface area contributed by atoms with E-state index in [0.717, 1.165) is 35.3 Å². The highest BCUT2D eigenvalue weighted by Gasteiger charge is 2.19. The number of aryl methyl sites for hydroxylation is 1. The molecule has 5 nitrogen and oxygen atoms in total. The number of hydrogen-bond acceptors (Lipinski definition) is 2. The summed E-state index contributed by atoms with van der Waals surface area (Å²) in [5.74, 6) is 0.235. The van der Waals surface area contributed by atoms with Crippen molar-refractivity contribution in [3.8, 4) is 0 Å². The third-order valence-corrected chi connectivity index (χ3v) is 4.33. The maximum atomic E-state index is 11.9. The maximum Gasteiger partial charge on any atom is 0.319 e. The van der Waals surface area contributed by atoms with Crippen molar-refractivity contribution in [1.29, 1.82) is 0 Å². The summed E-state index contributed by atoms with van der Waals surface area (Å²) in [6.07, 6.45) is 1.62. The van der Waals surface area contributed by atoms with Crippen molar-refractivity contribution in [2.75, 3.05) is 11.9 Å². The lowest BCUT2D eigenvalue weighted by molar-refractivity contribution is -0.128. The molecule has 5 heteroatoms. The number of hydrogen-bond donors (Lipinski definition) is 2. The molecule has 3 amide bonds. The molecular formula is C20H23N3O2. The van der Waals surface area contributed by atoms with E-state index in [-0.39, 0.29) is 11.9 Å². The summed E-state index contributed by atoms with van der Waals surface area (Å²) in [6, 6.07) is 15.5. The standard InChI is InChI=1S/C20H23N3O2/c1-15-4-10-18(11-5-15)22-20(25)21-13-16-6-8-17(9-7-16)14-23-12-2-3-19(23)24/h4-11H,2-3,12-14H2,1H3,(H2,21,22,25). The molecule has 1 aliphatic heterocycles. The zero-order valence-corrected chi connectivity index (χ0v) is 14.4. The Labute approximate surface area is 148 Å². The van der Waals surface area contributed by atoms with Crippen LogP contribution in [0.15, 0.2) is 48.5 Å². The van der Waals surface area contributed by atoms with E-state index in [1.54, 1.807) is 0 Å². The van der Waals surface area contributed by atoms with Crippen LogP contribution in [0.25, 0.3) is 0 Å². The Morgan fingerprint density at radius 2 is 1.72 bits per heavy atom. The van der Waals surface area contributed by atoms with Gasteiger partial charge in [0.1, 0.15) is 0 Å². The number of likely N-dealkylation sites (tertiary alicyclic amines) is 1. The molecule has 2 aromatic carbocycles. The van der Waals surface area contributed by atoms with E-state index in [1.165, 1.54) is 0 Å². The van der Waals surface area contributed by atoms with Crippen LogP contribution in [0.2, 0.25) is 0 Å².